The highest BCUT2D eigenvalue weighted by Crippen LogP contribution is 1.99. The van der Waals surface area contributed by atoms with E-state index in [0.717, 1.165) is 5.57 Å². The number of methoxy groups -OCH3 is 1. The van der Waals surface area contributed by atoms with Gasteiger partial charge in [-0.15, -0.1) is 0 Å². The van der Waals surface area contributed by atoms with E-state index in [0.29, 0.717) is 0 Å². The van der Waals surface area contributed by atoms with E-state index in [1.54, 1.807) is 6.08 Å². The minimum Gasteiger partial charge on any atom is -0.480 e. The van der Waals surface area contributed by atoms with Crippen LogP contribution in [0.2, 0.25) is 0 Å². The average molecular weight is 215 g/mol. The molecule has 0 saturated heterocycles. The predicted octanol–water partition coefficient (Wildman–Crippen LogP) is 0.558. The van der Waals surface area contributed by atoms with Crippen molar-refractivity contribution >= 4 is 11.9 Å². The Bertz CT molecular complexity index is 256. The van der Waals surface area contributed by atoms with Gasteiger partial charge in [-0.3, -0.25) is 4.79 Å². The molecule has 0 spiro atoms. The number of carbonyl (C=O) groups is 2. The molecule has 0 aromatic rings. The maximum absolute atomic E-state index is 11.1. The predicted molar refractivity (Wildman–Crippen MR) is 55.5 cm³/mol. The molecule has 15 heavy (non-hydrogen) atoms. The van der Waals surface area contributed by atoms with E-state index in [1.807, 2.05) is 13.8 Å². The van der Waals surface area contributed by atoms with Crippen LogP contribution in [0.4, 0.5) is 0 Å². The average Bonchev–Trinajstić information content (AvgIpc) is 2.11. The van der Waals surface area contributed by atoms with Gasteiger partial charge in [0.25, 0.3) is 0 Å². The van der Waals surface area contributed by atoms with E-state index >= 15 is 0 Å². The Morgan fingerprint density at radius 2 is 2.07 bits per heavy atom. The van der Waals surface area contributed by atoms with Gasteiger partial charge in [0.05, 0.1) is 0 Å². The third-order valence-corrected chi connectivity index (χ3v) is 1.67. The van der Waals surface area contributed by atoms with Crippen molar-refractivity contribution in [3.8, 4) is 0 Å². The zero-order valence-electron chi connectivity index (χ0n) is 9.24. The number of carbonyl (C=O) groups excluding carboxylic acids is 1. The molecule has 0 aromatic heterocycles. The highest BCUT2D eigenvalue weighted by Gasteiger charge is 2.17. The smallest absolute Gasteiger partial charge is 0.326 e. The number of allylic oxidation sites excluding steroid dienone is 1. The van der Waals surface area contributed by atoms with Crippen LogP contribution in [0.15, 0.2) is 11.6 Å². The Kier molecular flexibility index (Phi) is 6.37. The van der Waals surface area contributed by atoms with E-state index in [9.17, 15) is 9.59 Å². The third-order valence-electron chi connectivity index (χ3n) is 1.67. The van der Waals surface area contributed by atoms with Crippen LogP contribution in [0.25, 0.3) is 0 Å². The van der Waals surface area contributed by atoms with Crippen LogP contribution < -0.4 is 5.32 Å². The van der Waals surface area contributed by atoms with Crippen molar-refractivity contribution in [3.05, 3.63) is 11.6 Å². The number of aliphatic carboxylic acids is 1. The minimum absolute atomic E-state index is 0.126. The molecule has 0 radical (unpaired) electrons. The molecule has 0 unspecified atom stereocenters. The number of amides is 1. The second-order valence-electron chi connectivity index (χ2n) is 3.41. The lowest BCUT2D eigenvalue weighted by Crippen LogP contribution is -2.42. The lowest BCUT2D eigenvalue weighted by Gasteiger charge is -2.12. The van der Waals surface area contributed by atoms with Gasteiger partial charge in [0, 0.05) is 7.11 Å². The van der Waals surface area contributed by atoms with E-state index in [4.69, 9.17) is 5.11 Å². The second kappa shape index (κ2) is 7.00. The SMILES string of the molecule is COCC(=O)N[C@H](CC=C(C)C)C(=O)O. The standard InChI is InChI=1S/C10H17NO4/c1-7(2)4-5-8(10(13)14)11-9(12)6-15-3/h4,8H,5-6H2,1-3H3,(H,11,12)(H,13,14)/t8-/m1/s1. The molecule has 2 N–H and O–H groups in total. The normalized spacial score (nSPS) is 11.7. The van der Waals surface area contributed by atoms with Crippen LogP contribution >= 0.6 is 0 Å². The van der Waals surface area contributed by atoms with E-state index in [2.05, 4.69) is 10.1 Å². The third kappa shape index (κ3) is 6.68. The Hall–Kier alpha value is -1.36. The summed E-state index contributed by atoms with van der Waals surface area (Å²) in [5.41, 5.74) is 1.02. The van der Waals surface area contributed by atoms with Gasteiger partial charge in [0.2, 0.25) is 5.91 Å². The van der Waals surface area contributed by atoms with Gasteiger partial charge in [-0.25, -0.2) is 4.79 Å². The fraction of sp³-hybridized carbons (Fsp3) is 0.600. The van der Waals surface area contributed by atoms with Gasteiger partial charge in [0.15, 0.2) is 0 Å². The van der Waals surface area contributed by atoms with Crippen LogP contribution in [0.1, 0.15) is 20.3 Å². The van der Waals surface area contributed by atoms with Crippen molar-refractivity contribution in [2.45, 2.75) is 26.3 Å². The zero-order chi connectivity index (χ0) is 11.8. The molecule has 1 amide bonds. The first-order valence-electron chi connectivity index (χ1n) is 4.61. The quantitative estimate of drug-likeness (QED) is 0.635. The molecule has 0 aromatic carbocycles. The molecule has 86 valence electrons. The Morgan fingerprint density at radius 1 is 1.47 bits per heavy atom. The number of carboxylic acids is 1. The number of ether oxygens (including phenoxy) is 1. The lowest BCUT2D eigenvalue weighted by atomic mass is 10.1. The minimum atomic E-state index is -1.04. The molecular weight excluding hydrogens is 198 g/mol. The van der Waals surface area contributed by atoms with Crippen LogP contribution in [0, 0.1) is 0 Å². The van der Waals surface area contributed by atoms with Gasteiger partial charge >= 0.3 is 5.97 Å². The molecule has 0 saturated carbocycles. The number of hydrogen-bond acceptors (Lipinski definition) is 3. The molecule has 0 bridgehead atoms. The highest BCUT2D eigenvalue weighted by molar-refractivity contribution is 5.84. The van der Waals surface area contributed by atoms with Crippen LogP contribution in [-0.2, 0) is 14.3 Å². The molecule has 0 fully saturated rings. The van der Waals surface area contributed by atoms with Gasteiger partial charge in [-0.2, -0.15) is 0 Å². The molecule has 5 heteroatoms. The molecule has 0 heterocycles. The van der Waals surface area contributed by atoms with Crippen molar-refractivity contribution < 1.29 is 19.4 Å². The number of hydrogen-bond donors (Lipinski definition) is 2. The highest BCUT2D eigenvalue weighted by atomic mass is 16.5. The second-order valence-corrected chi connectivity index (χ2v) is 3.41. The molecule has 0 aliphatic rings. The first-order chi connectivity index (χ1) is 6.97. The Labute approximate surface area is 89.1 Å². The molecular formula is C10H17NO4. The summed E-state index contributed by atoms with van der Waals surface area (Å²) >= 11 is 0. The van der Waals surface area contributed by atoms with Crippen LogP contribution in [0.5, 0.6) is 0 Å². The fourth-order valence-corrected chi connectivity index (χ4v) is 0.942. The topological polar surface area (TPSA) is 75.6 Å². The largest absolute Gasteiger partial charge is 0.480 e. The summed E-state index contributed by atoms with van der Waals surface area (Å²) in [7, 11) is 1.38. The summed E-state index contributed by atoms with van der Waals surface area (Å²) in [5, 5.41) is 11.2. The summed E-state index contributed by atoms with van der Waals surface area (Å²) < 4.78 is 4.59. The van der Waals surface area contributed by atoms with Crippen LogP contribution in [0.3, 0.4) is 0 Å². The van der Waals surface area contributed by atoms with Crippen LogP contribution in [-0.4, -0.2) is 36.7 Å². The first-order valence-corrected chi connectivity index (χ1v) is 4.61. The summed E-state index contributed by atoms with van der Waals surface area (Å²) in [6.07, 6.45) is 2.05. The van der Waals surface area contributed by atoms with Gasteiger partial charge in [-0.05, 0) is 20.3 Å². The molecule has 0 aliphatic heterocycles. The van der Waals surface area contributed by atoms with E-state index < -0.39 is 17.9 Å². The van der Waals surface area contributed by atoms with Crippen molar-refractivity contribution in [3.63, 3.8) is 0 Å². The molecule has 0 aliphatic carbocycles. The van der Waals surface area contributed by atoms with Crippen molar-refractivity contribution in [2.75, 3.05) is 13.7 Å². The van der Waals surface area contributed by atoms with Crippen molar-refractivity contribution in [1.82, 2.24) is 5.32 Å². The van der Waals surface area contributed by atoms with E-state index in [-0.39, 0.29) is 13.0 Å². The number of carboxylic acid groups (broad SMARTS) is 1. The van der Waals surface area contributed by atoms with Gasteiger partial charge in [-0.1, -0.05) is 11.6 Å². The lowest BCUT2D eigenvalue weighted by molar-refractivity contribution is -0.142. The Morgan fingerprint density at radius 3 is 2.47 bits per heavy atom. The van der Waals surface area contributed by atoms with E-state index in [1.165, 1.54) is 7.11 Å². The molecule has 5 nitrogen and oxygen atoms in total. The monoisotopic (exact) mass is 215 g/mol. The first kappa shape index (κ1) is 13.6. The molecule has 1 atom stereocenters. The maximum atomic E-state index is 11.1. The van der Waals surface area contributed by atoms with Gasteiger partial charge < -0.3 is 15.2 Å². The summed E-state index contributed by atoms with van der Waals surface area (Å²) in [4.78, 5) is 21.8. The molecule has 0 rings (SSSR count). The number of nitrogens with one attached hydrogen (secondary N) is 1. The van der Waals surface area contributed by atoms with Crippen molar-refractivity contribution in [1.29, 1.82) is 0 Å². The number of rotatable bonds is 6. The zero-order valence-corrected chi connectivity index (χ0v) is 9.24. The maximum Gasteiger partial charge on any atom is 0.326 e. The van der Waals surface area contributed by atoms with Gasteiger partial charge in [0.1, 0.15) is 12.6 Å². The fourth-order valence-electron chi connectivity index (χ4n) is 0.942. The van der Waals surface area contributed by atoms with Crippen molar-refractivity contribution in [2.24, 2.45) is 0 Å². The summed E-state index contributed by atoms with van der Waals surface area (Å²) in [5.74, 6) is -1.47. The summed E-state index contributed by atoms with van der Waals surface area (Å²) in [6.45, 7) is 3.62. The Balaban J connectivity index is 4.22. The summed E-state index contributed by atoms with van der Waals surface area (Å²) in [6, 6.07) is -0.887.